The van der Waals surface area contributed by atoms with Crippen LogP contribution in [0.4, 0.5) is 4.39 Å². The van der Waals surface area contributed by atoms with Gasteiger partial charge in [0.05, 0.1) is 11.1 Å². The van der Waals surface area contributed by atoms with Gasteiger partial charge >= 0.3 is 0 Å². The van der Waals surface area contributed by atoms with E-state index >= 15 is 4.39 Å². The summed E-state index contributed by atoms with van der Waals surface area (Å²) < 4.78 is 59.7. The van der Waals surface area contributed by atoms with E-state index in [1.54, 1.807) is 38.1 Å². The lowest BCUT2D eigenvalue weighted by Gasteiger charge is -2.15. The number of halogens is 1. The Morgan fingerprint density at radius 2 is 1.67 bits per heavy atom. The Bertz CT molecular complexity index is 1750. The van der Waals surface area contributed by atoms with Gasteiger partial charge in [-0.05, 0) is 65.5 Å². The first kappa shape index (κ1) is 16.2. The largest absolute Gasteiger partial charge is 0.454 e. The fraction of sp³-hybridized carbons (Fsp3) is 0.233. The van der Waals surface area contributed by atoms with Crippen molar-refractivity contribution in [3.63, 3.8) is 0 Å². The van der Waals surface area contributed by atoms with Crippen LogP contribution in [0.5, 0.6) is 0 Å². The molecule has 2 aromatic heterocycles. The maximum atomic E-state index is 15.7. The molecule has 0 radical (unpaired) electrons. The van der Waals surface area contributed by atoms with E-state index in [2.05, 4.69) is 0 Å². The number of aromatic nitrogens is 1. The summed E-state index contributed by atoms with van der Waals surface area (Å²) in [6.45, 7) is 5.19. The molecule has 0 fully saturated rings. The first-order chi connectivity index (χ1) is 17.4. The molecule has 0 bridgehead atoms. The summed E-state index contributed by atoms with van der Waals surface area (Å²) in [6, 6.07) is 18.0. The summed E-state index contributed by atoms with van der Waals surface area (Å²) >= 11 is 0. The quantitative estimate of drug-likeness (QED) is 0.263. The predicted octanol–water partition coefficient (Wildman–Crippen LogP) is 7.32. The van der Waals surface area contributed by atoms with Crippen LogP contribution >= 0.6 is 0 Å². The second-order valence-electron chi connectivity index (χ2n) is 9.34. The lowest BCUT2D eigenvalue weighted by Crippen LogP contribution is -2.30. The molecule has 0 saturated carbocycles. The zero-order chi connectivity index (χ0) is 26.5. The average molecular weight is 441 g/mol. The predicted molar refractivity (Wildman–Crippen MR) is 132 cm³/mol. The molecule has 33 heavy (non-hydrogen) atoms. The molecule has 5 aromatic rings. The highest BCUT2D eigenvalue weighted by atomic mass is 19.1. The molecule has 2 heterocycles. The summed E-state index contributed by atoms with van der Waals surface area (Å²) in [5.41, 5.74) is 3.40. The monoisotopic (exact) mass is 440 g/mol. The van der Waals surface area contributed by atoms with Gasteiger partial charge in [-0.15, -0.1) is 0 Å². The lowest BCUT2D eigenvalue weighted by atomic mass is 9.89. The molecule has 2 nitrogen and oxygen atoms in total. The Morgan fingerprint density at radius 3 is 2.45 bits per heavy atom. The summed E-state index contributed by atoms with van der Waals surface area (Å²) in [5.74, 6) is -0.537. The van der Waals surface area contributed by atoms with E-state index in [0.717, 1.165) is 27.6 Å². The highest BCUT2D eigenvalue weighted by Gasteiger charge is 2.32. The van der Waals surface area contributed by atoms with Crippen molar-refractivity contribution < 1.29 is 18.9 Å². The van der Waals surface area contributed by atoms with E-state index in [0.29, 0.717) is 16.7 Å². The Hall–Kier alpha value is -3.46. The van der Waals surface area contributed by atoms with E-state index in [9.17, 15) is 0 Å². The van der Waals surface area contributed by atoms with E-state index < -0.39 is 24.0 Å². The zero-order valence-corrected chi connectivity index (χ0v) is 19.1. The number of benzene rings is 3. The third kappa shape index (κ3) is 3.02. The van der Waals surface area contributed by atoms with Gasteiger partial charge < -0.3 is 4.42 Å². The molecule has 1 aliphatic rings. The van der Waals surface area contributed by atoms with Crippen LogP contribution in [-0.4, -0.2) is 0 Å². The molecule has 0 unspecified atom stereocenters. The van der Waals surface area contributed by atoms with Crippen LogP contribution in [-0.2, 0) is 19.8 Å². The maximum absolute atomic E-state index is 15.7. The van der Waals surface area contributed by atoms with E-state index in [4.69, 9.17) is 9.90 Å². The molecule has 164 valence electrons. The van der Waals surface area contributed by atoms with Crippen LogP contribution in [0.1, 0.15) is 36.0 Å². The molecular formula is C30H27FNO+. The molecule has 0 N–H and O–H groups in total. The van der Waals surface area contributed by atoms with Crippen molar-refractivity contribution in [1.82, 2.24) is 0 Å². The molecule has 0 saturated heterocycles. The summed E-state index contributed by atoms with van der Waals surface area (Å²) in [7, 11) is 1.96. The SMILES string of the molecule is [2H]C1([2H])c2cccc(-c3c(F)ccc4c3oc3c(-c5cccc[n+]5C)c(C)ccc34)c2C([2H])([2H])C1(C)C. The van der Waals surface area contributed by atoms with Gasteiger partial charge in [-0.2, -0.15) is 0 Å². The molecule has 0 spiro atoms. The second kappa shape index (κ2) is 7.02. The molecule has 3 heteroatoms. The van der Waals surface area contributed by atoms with Gasteiger partial charge in [0.1, 0.15) is 24.0 Å². The van der Waals surface area contributed by atoms with Gasteiger partial charge in [0.25, 0.3) is 0 Å². The van der Waals surface area contributed by atoms with Gasteiger partial charge in [0.15, 0.2) is 6.20 Å². The minimum Gasteiger partial charge on any atom is -0.454 e. The molecular weight excluding hydrogens is 409 g/mol. The molecule has 0 amide bonds. The number of aryl methyl sites for hydroxylation is 2. The Labute approximate surface area is 198 Å². The van der Waals surface area contributed by atoms with Gasteiger partial charge in [0, 0.05) is 28.4 Å². The van der Waals surface area contributed by atoms with Crippen molar-refractivity contribution in [3.05, 3.63) is 89.4 Å². The van der Waals surface area contributed by atoms with Crippen molar-refractivity contribution in [1.29, 1.82) is 0 Å². The van der Waals surface area contributed by atoms with Crippen LogP contribution in [0.2, 0.25) is 0 Å². The topological polar surface area (TPSA) is 17.0 Å². The van der Waals surface area contributed by atoms with E-state index in [1.165, 1.54) is 6.07 Å². The van der Waals surface area contributed by atoms with Crippen LogP contribution < -0.4 is 4.57 Å². The van der Waals surface area contributed by atoms with E-state index in [-0.39, 0.29) is 16.7 Å². The smallest absolute Gasteiger partial charge is 0.216 e. The van der Waals surface area contributed by atoms with Crippen LogP contribution in [0.15, 0.2) is 71.3 Å². The van der Waals surface area contributed by atoms with Crippen molar-refractivity contribution in [2.45, 2.75) is 33.5 Å². The minimum absolute atomic E-state index is 0.156. The number of pyridine rings is 1. The van der Waals surface area contributed by atoms with Crippen LogP contribution in [0.3, 0.4) is 0 Å². The summed E-state index contributed by atoms with van der Waals surface area (Å²) in [6.07, 6.45) is -2.01. The maximum Gasteiger partial charge on any atom is 0.216 e. The van der Waals surface area contributed by atoms with Crippen molar-refractivity contribution in [2.75, 3.05) is 0 Å². The highest BCUT2D eigenvalue weighted by molar-refractivity contribution is 6.13. The Kier molecular flexibility index (Phi) is 3.44. The van der Waals surface area contributed by atoms with Gasteiger partial charge in [-0.3, -0.25) is 0 Å². The number of rotatable bonds is 2. The summed E-state index contributed by atoms with van der Waals surface area (Å²) in [5, 5.41) is 1.57. The first-order valence-electron chi connectivity index (χ1n) is 13.1. The molecule has 0 aliphatic heterocycles. The number of hydrogen-bond donors (Lipinski definition) is 0. The number of hydrogen-bond acceptors (Lipinski definition) is 1. The first-order valence-corrected chi connectivity index (χ1v) is 11.1. The van der Waals surface area contributed by atoms with Crippen molar-refractivity contribution in [3.8, 4) is 22.4 Å². The van der Waals surface area contributed by atoms with E-state index in [1.807, 2.05) is 55.1 Å². The van der Waals surface area contributed by atoms with Crippen molar-refractivity contribution in [2.24, 2.45) is 12.5 Å². The normalized spacial score (nSPS) is 19.7. The van der Waals surface area contributed by atoms with Gasteiger partial charge in [-0.25, -0.2) is 8.96 Å². The third-order valence-corrected chi connectivity index (χ3v) is 6.50. The fourth-order valence-corrected chi connectivity index (χ4v) is 5.01. The lowest BCUT2D eigenvalue weighted by molar-refractivity contribution is -0.660. The van der Waals surface area contributed by atoms with Crippen LogP contribution in [0.25, 0.3) is 44.3 Å². The second-order valence-corrected chi connectivity index (χ2v) is 9.34. The molecule has 6 rings (SSSR count). The van der Waals surface area contributed by atoms with Gasteiger partial charge in [-0.1, -0.05) is 44.2 Å². The number of fused-ring (bicyclic) bond motifs is 4. The number of nitrogens with zero attached hydrogens (tertiary/aromatic N) is 1. The minimum atomic E-state index is -2.04. The Balaban J connectivity index is 1.73. The number of furan rings is 1. The Morgan fingerprint density at radius 1 is 0.909 bits per heavy atom. The van der Waals surface area contributed by atoms with Gasteiger partial charge in [0.2, 0.25) is 5.69 Å². The summed E-state index contributed by atoms with van der Waals surface area (Å²) in [4.78, 5) is 0. The van der Waals surface area contributed by atoms with Crippen molar-refractivity contribution >= 4 is 21.9 Å². The average Bonchev–Trinajstić information content (AvgIpc) is 3.26. The standard InChI is InChI=1S/C30H27FNO/c1-18-11-12-21-22-13-14-24(31)27(20-9-7-8-19-16-30(2,3)17-23(19)20)29(22)33-28(21)26(18)25-10-5-6-15-32(25)4/h5-15H,16-17H2,1-4H3/q+1/i16D2,17D2. The molecule has 0 atom stereocenters. The zero-order valence-electron chi connectivity index (χ0n) is 23.1. The molecule has 1 aliphatic carbocycles. The van der Waals surface area contributed by atoms with Crippen LogP contribution in [0, 0.1) is 18.2 Å². The molecule has 3 aromatic carbocycles. The fourth-order valence-electron chi connectivity index (χ4n) is 5.01. The highest BCUT2D eigenvalue weighted by Crippen LogP contribution is 2.46. The third-order valence-electron chi connectivity index (χ3n) is 6.50.